The summed E-state index contributed by atoms with van der Waals surface area (Å²) in [6.07, 6.45) is 0.607. The van der Waals surface area contributed by atoms with Gasteiger partial charge in [0.25, 0.3) is 0 Å². The lowest BCUT2D eigenvalue weighted by Gasteiger charge is -2.19. The van der Waals surface area contributed by atoms with Crippen molar-refractivity contribution in [2.75, 3.05) is 6.61 Å². The summed E-state index contributed by atoms with van der Waals surface area (Å²) < 4.78 is 4.74. The normalized spacial score (nSPS) is 11.5. The van der Waals surface area contributed by atoms with Gasteiger partial charge in [0.05, 0.1) is 12.6 Å². The molecule has 1 atom stereocenters. The fourth-order valence-corrected chi connectivity index (χ4v) is 2.20. The average molecular weight is 297 g/mol. The molecule has 0 aromatic heterocycles. The zero-order valence-corrected chi connectivity index (χ0v) is 12.5. The molecular weight excluding hydrogens is 278 g/mol. The molecule has 1 amide bonds. The molecule has 0 fully saturated rings. The number of benzene rings is 2. The van der Waals surface area contributed by atoms with Crippen LogP contribution in [0.25, 0.3) is 0 Å². The minimum atomic E-state index is -0.850. The fourth-order valence-electron chi connectivity index (χ4n) is 2.20. The predicted molar refractivity (Wildman–Crippen MR) is 84.1 cm³/mol. The van der Waals surface area contributed by atoms with Gasteiger partial charge in [0.1, 0.15) is 0 Å². The zero-order chi connectivity index (χ0) is 15.8. The zero-order valence-electron chi connectivity index (χ0n) is 12.5. The molecule has 0 aliphatic rings. The van der Waals surface area contributed by atoms with Crippen LogP contribution >= 0.6 is 0 Å². The average Bonchev–Trinajstić information content (AvgIpc) is 2.56. The van der Waals surface area contributed by atoms with Gasteiger partial charge in [0, 0.05) is 0 Å². The molecule has 0 spiro atoms. The van der Waals surface area contributed by atoms with Crippen molar-refractivity contribution in [3.63, 3.8) is 0 Å². The van der Waals surface area contributed by atoms with Crippen LogP contribution in [0, 0.1) is 0 Å². The van der Waals surface area contributed by atoms with Gasteiger partial charge in [-0.1, -0.05) is 60.7 Å². The van der Waals surface area contributed by atoms with E-state index in [1.807, 2.05) is 60.7 Å². The van der Waals surface area contributed by atoms with Gasteiger partial charge in [-0.3, -0.25) is 4.79 Å². The van der Waals surface area contributed by atoms with E-state index in [1.54, 1.807) is 6.92 Å². The van der Waals surface area contributed by atoms with E-state index < -0.39 is 11.9 Å². The molecule has 0 bridgehead atoms. The van der Waals surface area contributed by atoms with Crippen molar-refractivity contribution in [1.29, 1.82) is 0 Å². The molecule has 0 saturated carbocycles. The van der Waals surface area contributed by atoms with E-state index >= 15 is 0 Å². The third-order valence-electron chi connectivity index (χ3n) is 3.25. The van der Waals surface area contributed by atoms with Crippen LogP contribution in [0.3, 0.4) is 0 Å². The molecule has 0 heterocycles. The summed E-state index contributed by atoms with van der Waals surface area (Å²) in [6, 6.07) is 19.1. The third kappa shape index (κ3) is 4.45. The highest BCUT2D eigenvalue weighted by Gasteiger charge is 2.21. The molecule has 4 nitrogen and oxygen atoms in total. The summed E-state index contributed by atoms with van der Waals surface area (Å²) >= 11 is 0. The van der Waals surface area contributed by atoms with Crippen LogP contribution in [0.4, 0.5) is 0 Å². The Labute approximate surface area is 130 Å². The first-order valence-corrected chi connectivity index (χ1v) is 7.27. The lowest BCUT2D eigenvalue weighted by molar-refractivity contribution is -0.154. The van der Waals surface area contributed by atoms with E-state index in [2.05, 4.69) is 5.32 Å². The Bertz CT molecular complexity index is 611. The van der Waals surface area contributed by atoms with E-state index in [4.69, 9.17) is 4.74 Å². The second-order valence-electron chi connectivity index (χ2n) is 4.85. The summed E-state index contributed by atoms with van der Waals surface area (Å²) in [5.74, 6) is -1.57. The monoisotopic (exact) mass is 297 g/mol. The van der Waals surface area contributed by atoms with Crippen molar-refractivity contribution in [2.24, 2.45) is 0 Å². The predicted octanol–water partition coefficient (Wildman–Crippen LogP) is 2.65. The molecule has 2 rings (SSSR count). The minimum absolute atomic E-state index is 0.181. The SMILES string of the molecule is CCOC(=O)C(=O)N[C@@H](Cc1ccccc1)c1ccccc1. The Morgan fingerprint density at radius 2 is 1.59 bits per heavy atom. The van der Waals surface area contributed by atoms with Gasteiger partial charge in [-0.05, 0) is 24.5 Å². The quantitative estimate of drug-likeness (QED) is 0.682. The van der Waals surface area contributed by atoms with Gasteiger partial charge < -0.3 is 10.1 Å². The Balaban J connectivity index is 2.15. The molecule has 2 aromatic carbocycles. The van der Waals surface area contributed by atoms with Crippen molar-refractivity contribution in [1.82, 2.24) is 5.32 Å². The van der Waals surface area contributed by atoms with Crippen LogP contribution in [0.2, 0.25) is 0 Å². The number of esters is 1. The number of nitrogens with one attached hydrogen (secondary N) is 1. The lowest BCUT2D eigenvalue weighted by Crippen LogP contribution is -2.36. The maximum absolute atomic E-state index is 11.9. The summed E-state index contributed by atoms with van der Waals surface area (Å²) in [5, 5.41) is 2.75. The standard InChI is InChI=1S/C18H19NO3/c1-2-22-18(21)17(20)19-16(15-11-7-4-8-12-15)13-14-9-5-3-6-10-14/h3-12,16H,2,13H2,1H3,(H,19,20)/t16-/m0/s1. The molecule has 0 saturated heterocycles. The van der Waals surface area contributed by atoms with Gasteiger partial charge in [-0.15, -0.1) is 0 Å². The van der Waals surface area contributed by atoms with Crippen LogP contribution in [0.5, 0.6) is 0 Å². The molecule has 1 N–H and O–H groups in total. The first kappa shape index (κ1) is 15.8. The van der Waals surface area contributed by atoms with Gasteiger partial charge in [-0.2, -0.15) is 0 Å². The first-order chi connectivity index (χ1) is 10.7. The first-order valence-electron chi connectivity index (χ1n) is 7.27. The summed E-state index contributed by atoms with van der Waals surface area (Å²) in [6.45, 7) is 1.85. The van der Waals surface area contributed by atoms with Crippen LogP contribution in [0.15, 0.2) is 60.7 Å². The van der Waals surface area contributed by atoms with Crippen LogP contribution in [-0.4, -0.2) is 18.5 Å². The number of rotatable bonds is 5. The second kappa shape index (κ2) is 7.98. The number of hydrogen-bond donors (Lipinski definition) is 1. The van der Waals surface area contributed by atoms with Crippen molar-refractivity contribution in [3.05, 3.63) is 71.8 Å². The Hall–Kier alpha value is -2.62. The topological polar surface area (TPSA) is 55.4 Å². The minimum Gasteiger partial charge on any atom is -0.459 e. The van der Waals surface area contributed by atoms with E-state index in [-0.39, 0.29) is 12.6 Å². The molecular formula is C18H19NO3. The third-order valence-corrected chi connectivity index (χ3v) is 3.25. The Kier molecular flexibility index (Phi) is 5.72. The van der Waals surface area contributed by atoms with E-state index in [1.165, 1.54) is 0 Å². The highest BCUT2D eigenvalue weighted by atomic mass is 16.5. The van der Waals surface area contributed by atoms with Crippen LogP contribution in [0.1, 0.15) is 24.1 Å². The molecule has 0 aliphatic heterocycles. The second-order valence-corrected chi connectivity index (χ2v) is 4.85. The summed E-state index contributed by atoms with van der Waals surface area (Å²) in [4.78, 5) is 23.4. The molecule has 0 unspecified atom stereocenters. The van der Waals surface area contributed by atoms with Gasteiger partial charge in [0.15, 0.2) is 0 Å². The number of hydrogen-bond acceptors (Lipinski definition) is 3. The highest BCUT2D eigenvalue weighted by molar-refractivity contribution is 6.32. The van der Waals surface area contributed by atoms with Crippen molar-refractivity contribution in [3.8, 4) is 0 Å². The Morgan fingerprint density at radius 1 is 1.00 bits per heavy atom. The highest BCUT2D eigenvalue weighted by Crippen LogP contribution is 2.18. The fraction of sp³-hybridized carbons (Fsp3) is 0.222. The van der Waals surface area contributed by atoms with Crippen LogP contribution in [-0.2, 0) is 20.7 Å². The summed E-state index contributed by atoms with van der Waals surface area (Å²) in [7, 11) is 0. The van der Waals surface area contributed by atoms with E-state index in [0.29, 0.717) is 6.42 Å². The number of carbonyl (C=O) groups excluding carboxylic acids is 2. The molecule has 114 valence electrons. The van der Waals surface area contributed by atoms with Gasteiger partial charge in [-0.25, -0.2) is 4.79 Å². The van der Waals surface area contributed by atoms with Crippen LogP contribution < -0.4 is 5.32 Å². The lowest BCUT2D eigenvalue weighted by atomic mass is 9.99. The largest absolute Gasteiger partial charge is 0.459 e. The molecule has 2 aromatic rings. The molecule has 0 radical (unpaired) electrons. The number of carbonyl (C=O) groups is 2. The van der Waals surface area contributed by atoms with Crippen molar-refractivity contribution in [2.45, 2.75) is 19.4 Å². The van der Waals surface area contributed by atoms with Gasteiger partial charge >= 0.3 is 11.9 Å². The van der Waals surface area contributed by atoms with E-state index in [9.17, 15) is 9.59 Å². The number of ether oxygens (including phenoxy) is 1. The maximum Gasteiger partial charge on any atom is 0.396 e. The van der Waals surface area contributed by atoms with Gasteiger partial charge in [0.2, 0.25) is 0 Å². The molecule has 22 heavy (non-hydrogen) atoms. The number of amides is 1. The van der Waals surface area contributed by atoms with Crippen molar-refractivity contribution < 1.29 is 14.3 Å². The Morgan fingerprint density at radius 3 is 2.18 bits per heavy atom. The molecule has 0 aliphatic carbocycles. The maximum atomic E-state index is 11.9. The molecule has 4 heteroatoms. The smallest absolute Gasteiger partial charge is 0.396 e. The van der Waals surface area contributed by atoms with E-state index in [0.717, 1.165) is 11.1 Å². The van der Waals surface area contributed by atoms with Crippen molar-refractivity contribution >= 4 is 11.9 Å². The summed E-state index contributed by atoms with van der Waals surface area (Å²) in [5.41, 5.74) is 2.03.